The molecule has 6 heteroatoms. The Hall–Kier alpha value is -1.10. The van der Waals surface area contributed by atoms with E-state index in [-0.39, 0.29) is 0 Å². The Kier molecular flexibility index (Phi) is 3.96. The van der Waals surface area contributed by atoms with Gasteiger partial charge < -0.3 is 9.84 Å². The molecule has 0 radical (unpaired) electrons. The van der Waals surface area contributed by atoms with Crippen LogP contribution in [-0.4, -0.2) is 23.2 Å². The number of benzene rings is 1. The van der Waals surface area contributed by atoms with Crippen molar-refractivity contribution in [3.05, 3.63) is 45.5 Å². The predicted molar refractivity (Wildman–Crippen MR) is 78.3 cm³/mol. The van der Waals surface area contributed by atoms with Gasteiger partial charge in [0.2, 0.25) is 5.89 Å². The van der Waals surface area contributed by atoms with E-state index in [0.29, 0.717) is 34.1 Å². The Balaban J connectivity index is 1.75. The van der Waals surface area contributed by atoms with Crippen molar-refractivity contribution in [1.82, 2.24) is 15.5 Å². The van der Waals surface area contributed by atoms with Crippen LogP contribution in [-0.2, 0) is 6.42 Å². The molecule has 2 unspecified atom stereocenters. The molecule has 1 aliphatic rings. The maximum atomic E-state index is 6.00. The van der Waals surface area contributed by atoms with E-state index in [9.17, 15) is 0 Å². The van der Waals surface area contributed by atoms with Gasteiger partial charge in [-0.3, -0.25) is 0 Å². The molecule has 20 heavy (non-hydrogen) atoms. The van der Waals surface area contributed by atoms with Gasteiger partial charge in [-0.2, -0.15) is 4.98 Å². The van der Waals surface area contributed by atoms with Crippen LogP contribution >= 0.6 is 23.2 Å². The molecule has 4 nitrogen and oxygen atoms in total. The van der Waals surface area contributed by atoms with Gasteiger partial charge >= 0.3 is 0 Å². The zero-order valence-electron chi connectivity index (χ0n) is 11.1. The number of halogens is 2. The molecule has 1 aromatic heterocycles. The van der Waals surface area contributed by atoms with E-state index in [2.05, 4.69) is 22.4 Å². The number of hydrogen-bond donors (Lipinski definition) is 1. The monoisotopic (exact) mass is 311 g/mol. The quantitative estimate of drug-likeness (QED) is 0.945. The highest BCUT2D eigenvalue weighted by molar-refractivity contribution is 6.42. The number of hydrogen-bond acceptors (Lipinski definition) is 4. The number of rotatable bonds is 3. The fourth-order valence-electron chi connectivity index (χ4n) is 2.46. The van der Waals surface area contributed by atoms with Gasteiger partial charge in [0, 0.05) is 13.0 Å². The third-order valence-corrected chi connectivity index (χ3v) is 4.40. The molecule has 1 N–H and O–H groups in total. The Morgan fingerprint density at radius 2 is 2.15 bits per heavy atom. The molecule has 1 aliphatic heterocycles. The van der Waals surface area contributed by atoms with Crippen LogP contribution < -0.4 is 5.32 Å². The van der Waals surface area contributed by atoms with E-state index in [1.165, 1.54) is 0 Å². The molecule has 0 bridgehead atoms. The summed E-state index contributed by atoms with van der Waals surface area (Å²) in [4.78, 5) is 4.50. The minimum atomic E-state index is 0.310. The van der Waals surface area contributed by atoms with Gasteiger partial charge in [0.25, 0.3) is 0 Å². The minimum absolute atomic E-state index is 0.310. The van der Waals surface area contributed by atoms with E-state index >= 15 is 0 Å². The Morgan fingerprint density at radius 1 is 1.30 bits per heavy atom. The summed E-state index contributed by atoms with van der Waals surface area (Å²) in [6.45, 7) is 4.08. The predicted octanol–water partition coefficient (Wildman–Crippen LogP) is 3.29. The molecule has 1 saturated heterocycles. The van der Waals surface area contributed by atoms with Crippen LogP contribution in [0.4, 0.5) is 0 Å². The summed E-state index contributed by atoms with van der Waals surface area (Å²) in [7, 11) is 0. The molecule has 106 valence electrons. The van der Waals surface area contributed by atoms with Gasteiger partial charge in [0.05, 0.1) is 16.0 Å². The fraction of sp³-hybridized carbons (Fsp3) is 0.429. The Bertz CT molecular complexity index is 614. The minimum Gasteiger partial charge on any atom is -0.339 e. The first kappa shape index (κ1) is 13.9. The van der Waals surface area contributed by atoms with Crippen molar-refractivity contribution in [3.63, 3.8) is 0 Å². The first-order chi connectivity index (χ1) is 9.63. The largest absolute Gasteiger partial charge is 0.339 e. The van der Waals surface area contributed by atoms with Crippen LogP contribution in [0, 0.1) is 5.92 Å². The highest BCUT2D eigenvalue weighted by Crippen LogP contribution is 2.27. The maximum absolute atomic E-state index is 6.00. The Labute approximate surface area is 127 Å². The zero-order chi connectivity index (χ0) is 14.1. The molecule has 2 atom stereocenters. The summed E-state index contributed by atoms with van der Waals surface area (Å²) in [5.41, 5.74) is 1.02. The van der Waals surface area contributed by atoms with Gasteiger partial charge in [-0.25, -0.2) is 0 Å². The summed E-state index contributed by atoms with van der Waals surface area (Å²) >= 11 is 11.9. The van der Waals surface area contributed by atoms with Crippen molar-refractivity contribution in [3.8, 4) is 0 Å². The van der Waals surface area contributed by atoms with E-state index in [1.807, 2.05) is 12.1 Å². The second-order valence-corrected chi connectivity index (χ2v) is 6.03. The molecule has 1 fully saturated rings. The van der Waals surface area contributed by atoms with Gasteiger partial charge in [-0.05, 0) is 30.2 Å². The second-order valence-electron chi connectivity index (χ2n) is 5.22. The van der Waals surface area contributed by atoms with Crippen molar-refractivity contribution in [2.45, 2.75) is 19.3 Å². The number of nitrogens with zero attached hydrogens (tertiary/aromatic N) is 2. The average Bonchev–Trinajstić information content (AvgIpc) is 3.03. The van der Waals surface area contributed by atoms with Gasteiger partial charge in [0.1, 0.15) is 0 Å². The van der Waals surface area contributed by atoms with E-state index in [1.54, 1.807) is 6.07 Å². The Morgan fingerprint density at radius 3 is 2.85 bits per heavy atom. The molecular weight excluding hydrogens is 297 g/mol. The molecule has 0 amide bonds. The highest BCUT2D eigenvalue weighted by atomic mass is 35.5. The summed E-state index contributed by atoms with van der Waals surface area (Å²) in [5, 5.41) is 8.48. The molecule has 0 spiro atoms. The van der Waals surface area contributed by atoms with Crippen molar-refractivity contribution in [2.24, 2.45) is 5.92 Å². The maximum Gasteiger partial charge on any atom is 0.231 e. The summed E-state index contributed by atoms with van der Waals surface area (Å²) in [6.07, 6.45) is 0.592. The van der Waals surface area contributed by atoms with E-state index in [0.717, 1.165) is 24.5 Å². The van der Waals surface area contributed by atoms with Gasteiger partial charge in [-0.1, -0.05) is 41.3 Å². The number of aromatic nitrogens is 2. The van der Waals surface area contributed by atoms with Crippen LogP contribution in [0.3, 0.4) is 0 Å². The normalized spacial score (nSPS) is 22.4. The smallest absolute Gasteiger partial charge is 0.231 e. The van der Waals surface area contributed by atoms with Crippen molar-refractivity contribution >= 4 is 23.2 Å². The third kappa shape index (κ3) is 2.82. The first-order valence-electron chi connectivity index (χ1n) is 6.60. The summed E-state index contributed by atoms with van der Waals surface area (Å²) < 4.78 is 5.38. The van der Waals surface area contributed by atoms with Gasteiger partial charge in [-0.15, -0.1) is 0 Å². The fourth-order valence-corrected chi connectivity index (χ4v) is 2.78. The SMILES string of the molecule is CC1CNCC1c1nc(Cc2ccc(Cl)c(Cl)c2)no1. The van der Waals surface area contributed by atoms with Crippen molar-refractivity contribution in [1.29, 1.82) is 0 Å². The van der Waals surface area contributed by atoms with E-state index in [4.69, 9.17) is 27.7 Å². The van der Waals surface area contributed by atoms with Crippen LogP contribution in [0.1, 0.15) is 30.1 Å². The molecular formula is C14H15Cl2N3O. The summed E-state index contributed by atoms with van der Waals surface area (Å²) in [6, 6.07) is 5.53. The molecule has 3 rings (SSSR count). The lowest BCUT2D eigenvalue weighted by molar-refractivity contribution is 0.337. The molecule has 1 aromatic carbocycles. The zero-order valence-corrected chi connectivity index (χ0v) is 12.6. The summed E-state index contributed by atoms with van der Waals surface area (Å²) in [5.74, 6) is 2.23. The van der Waals surface area contributed by atoms with Crippen LogP contribution in [0.15, 0.2) is 22.7 Å². The van der Waals surface area contributed by atoms with Crippen LogP contribution in [0.2, 0.25) is 10.0 Å². The van der Waals surface area contributed by atoms with Crippen molar-refractivity contribution in [2.75, 3.05) is 13.1 Å². The standard InChI is InChI=1S/C14H15Cl2N3O/c1-8-6-17-7-10(8)14-18-13(19-20-14)5-9-2-3-11(15)12(16)4-9/h2-4,8,10,17H,5-7H2,1H3. The highest BCUT2D eigenvalue weighted by Gasteiger charge is 2.29. The molecule has 2 heterocycles. The topological polar surface area (TPSA) is 51.0 Å². The molecule has 0 saturated carbocycles. The lowest BCUT2D eigenvalue weighted by Crippen LogP contribution is -2.08. The number of nitrogens with one attached hydrogen (secondary N) is 1. The molecule has 2 aromatic rings. The average molecular weight is 312 g/mol. The second kappa shape index (κ2) is 5.72. The lowest BCUT2D eigenvalue weighted by atomic mass is 9.98. The van der Waals surface area contributed by atoms with E-state index < -0.39 is 0 Å². The van der Waals surface area contributed by atoms with Gasteiger partial charge in [0.15, 0.2) is 5.82 Å². The van der Waals surface area contributed by atoms with Crippen molar-refractivity contribution < 1.29 is 4.52 Å². The van der Waals surface area contributed by atoms with Crippen LogP contribution in [0.5, 0.6) is 0 Å². The van der Waals surface area contributed by atoms with Crippen LogP contribution in [0.25, 0.3) is 0 Å². The first-order valence-corrected chi connectivity index (χ1v) is 7.36. The third-order valence-electron chi connectivity index (χ3n) is 3.66. The lowest BCUT2D eigenvalue weighted by Gasteiger charge is -2.07. The molecule has 0 aliphatic carbocycles.